The molecule has 0 spiro atoms. The van der Waals surface area contributed by atoms with E-state index in [1.54, 1.807) is 43.5 Å². The number of sulfonamides is 1. The van der Waals surface area contributed by atoms with Crippen LogP contribution >= 0.6 is 0 Å². The summed E-state index contributed by atoms with van der Waals surface area (Å²) in [4.78, 5) is 15.2. The molecule has 1 aromatic heterocycles. The quantitative estimate of drug-likeness (QED) is 0.363. The fourth-order valence-electron chi connectivity index (χ4n) is 3.47. The van der Waals surface area contributed by atoms with Crippen LogP contribution in [0.25, 0.3) is 0 Å². The van der Waals surface area contributed by atoms with Crippen LogP contribution in [0.1, 0.15) is 19.7 Å². The van der Waals surface area contributed by atoms with Gasteiger partial charge in [0, 0.05) is 38.1 Å². The molecular formula is C22H27N5O4S. The van der Waals surface area contributed by atoms with E-state index in [9.17, 15) is 18.5 Å². The van der Waals surface area contributed by atoms with E-state index < -0.39 is 14.9 Å². The van der Waals surface area contributed by atoms with E-state index in [0.29, 0.717) is 18.8 Å². The minimum atomic E-state index is -3.96. The smallest absolute Gasteiger partial charge is 0.293 e. The number of aromatic nitrogens is 2. The standard InChI is InChI=1S/C22H27N5O4S/c1-4-26(19-8-6-5-7-9-19)32(30,31)20-10-11-21(22(14-20)27(28)29)24-15-17(2)16-25-13-12-23-18(25)3/h5-14,17,24H,4,15-16H2,1-3H3. The Bertz CT molecular complexity index is 1180. The molecule has 2 aromatic carbocycles. The van der Waals surface area contributed by atoms with Gasteiger partial charge in [-0.25, -0.2) is 13.4 Å². The van der Waals surface area contributed by atoms with Crippen molar-refractivity contribution < 1.29 is 13.3 Å². The molecule has 9 nitrogen and oxygen atoms in total. The molecule has 0 amide bonds. The Labute approximate surface area is 187 Å². The Hall–Kier alpha value is -3.40. The van der Waals surface area contributed by atoms with Crippen molar-refractivity contribution in [2.45, 2.75) is 32.2 Å². The normalized spacial score (nSPS) is 12.3. The predicted octanol–water partition coefficient (Wildman–Crippen LogP) is 4.06. The maximum atomic E-state index is 13.2. The zero-order valence-electron chi connectivity index (χ0n) is 18.3. The number of rotatable bonds is 10. The monoisotopic (exact) mass is 457 g/mol. The van der Waals surface area contributed by atoms with Gasteiger partial charge in [0.2, 0.25) is 0 Å². The number of hydrogen-bond acceptors (Lipinski definition) is 6. The minimum absolute atomic E-state index is 0.123. The molecule has 10 heteroatoms. The number of nitro groups is 1. The molecule has 32 heavy (non-hydrogen) atoms. The lowest BCUT2D eigenvalue weighted by Crippen LogP contribution is -2.30. The van der Waals surface area contributed by atoms with E-state index in [4.69, 9.17) is 0 Å². The SMILES string of the molecule is CCN(c1ccccc1)S(=O)(=O)c1ccc(NCC(C)Cn2ccnc2C)c([N+](=O)[O-])c1. The molecular weight excluding hydrogens is 430 g/mol. The number of nitrogens with one attached hydrogen (secondary N) is 1. The summed E-state index contributed by atoms with van der Waals surface area (Å²) in [5, 5.41) is 14.8. The molecule has 1 atom stereocenters. The third kappa shape index (κ3) is 5.08. The number of benzene rings is 2. The van der Waals surface area contributed by atoms with E-state index in [0.717, 1.165) is 11.9 Å². The van der Waals surface area contributed by atoms with Crippen LogP contribution in [0.3, 0.4) is 0 Å². The zero-order valence-corrected chi connectivity index (χ0v) is 19.1. The second kappa shape index (κ2) is 9.82. The van der Waals surface area contributed by atoms with Gasteiger partial charge >= 0.3 is 0 Å². The largest absolute Gasteiger partial charge is 0.379 e. The molecule has 3 rings (SSSR count). The maximum absolute atomic E-state index is 13.2. The summed E-state index contributed by atoms with van der Waals surface area (Å²) in [6, 6.07) is 12.6. The van der Waals surface area contributed by atoms with Gasteiger partial charge in [-0.15, -0.1) is 0 Å². The van der Waals surface area contributed by atoms with Crippen LogP contribution in [0, 0.1) is 23.0 Å². The van der Waals surface area contributed by atoms with Crippen LogP contribution in [-0.4, -0.2) is 36.0 Å². The van der Waals surface area contributed by atoms with Crippen LogP contribution in [0.15, 0.2) is 65.8 Å². The van der Waals surface area contributed by atoms with Crippen molar-refractivity contribution in [3.63, 3.8) is 0 Å². The molecule has 0 aliphatic carbocycles. The number of imidazole rings is 1. The van der Waals surface area contributed by atoms with E-state index >= 15 is 0 Å². The maximum Gasteiger partial charge on any atom is 0.293 e. The van der Waals surface area contributed by atoms with E-state index in [1.165, 1.54) is 16.4 Å². The first-order chi connectivity index (χ1) is 15.2. The molecule has 1 N–H and O–H groups in total. The Kier molecular flexibility index (Phi) is 7.14. The first kappa shape index (κ1) is 23.3. The fraction of sp³-hybridized carbons (Fsp3) is 0.318. The molecule has 0 aliphatic rings. The number of hydrogen-bond donors (Lipinski definition) is 1. The average Bonchev–Trinajstić information content (AvgIpc) is 3.17. The summed E-state index contributed by atoms with van der Waals surface area (Å²) in [6.07, 6.45) is 3.62. The molecule has 0 saturated carbocycles. The lowest BCUT2D eigenvalue weighted by molar-refractivity contribution is -0.384. The first-order valence-corrected chi connectivity index (χ1v) is 11.8. The second-order valence-corrected chi connectivity index (χ2v) is 9.42. The molecule has 0 bridgehead atoms. The van der Waals surface area contributed by atoms with Gasteiger partial charge in [-0.05, 0) is 44.0 Å². The molecule has 0 saturated heterocycles. The number of aryl methyl sites for hydroxylation is 1. The Balaban J connectivity index is 1.82. The van der Waals surface area contributed by atoms with Gasteiger partial charge in [0.1, 0.15) is 11.5 Å². The average molecular weight is 458 g/mol. The summed E-state index contributed by atoms with van der Waals surface area (Å²) in [7, 11) is -3.96. The van der Waals surface area contributed by atoms with Crippen LogP contribution in [0.4, 0.5) is 17.1 Å². The van der Waals surface area contributed by atoms with Crippen molar-refractivity contribution >= 4 is 27.1 Å². The number of para-hydroxylation sites is 1. The first-order valence-electron chi connectivity index (χ1n) is 10.3. The molecule has 0 fully saturated rings. The van der Waals surface area contributed by atoms with E-state index in [1.807, 2.05) is 24.6 Å². The van der Waals surface area contributed by atoms with Crippen molar-refractivity contribution in [2.75, 3.05) is 22.7 Å². The number of nitrogens with zero attached hydrogens (tertiary/aromatic N) is 4. The summed E-state index contributed by atoms with van der Waals surface area (Å²) in [5.74, 6) is 1.07. The molecule has 3 aromatic rings. The van der Waals surface area contributed by atoms with E-state index in [-0.39, 0.29) is 28.7 Å². The Morgan fingerprint density at radius 2 is 1.94 bits per heavy atom. The molecule has 0 radical (unpaired) electrons. The highest BCUT2D eigenvalue weighted by Crippen LogP contribution is 2.31. The van der Waals surface area contributed by atoms with Crippen molar-refractivity contribution in [3.05, 3.63) is 76.9 Å². The van der Waals surface area contributed by atoms with Gasteiger partial charge in [0.15, 0.2) is 0 Å². The lowest BCUT2D eigenvalue weighted by Gasteiger charge is -2.23. The van der Waals surface area contributed by atoms with Crippen molar-refractivity contribution in [3.8, 4) is 0 Å². The summed E-state index contributed by atoms with van der Waals surface area (Å²) >= 11 is 0. The predicted molar refractivity (Wildman–Crippen MR) is 124 cm³/mol. The van der Waals surface area contributed by atoms with Crippen molar-refractivity contribution in [2.24, 2.45) is 5.92 Å². The van der Waals surface area contributed by atoms with Gasteiger partial charge in [-0.3, -0.25) is 14.4 Å². The number of anilines is 2. The molecule has 0 aliphatic heterocycles. The molecule has 1 unspecified atom stereocenters. The fourth-order valence-corrected chi connectivity index (χ4v) is 4.96. The zero-order chi connectivity index (χ0) is 23.3. The minimum Gasteiger partial charge on any atom is -0.379 e. The van der Waals surface area contributed by atoms with Gasteiger partial charge in [-0.2, -0.15) is 0 Å². The van der Waals surface area contributed by atoms with Crippen LogP contribution in [0.5, 0.6) is 0 Å². The third-order valence-corrected chi connectivity index (χ3v) is 7.06. The molecule has 1 heterocycles. The number of nitro benzene ring substituents is 1. The lowest BCUT2D eigenvalue weighted by atomic mass is 10.1. The van der Waals surface area contributed by atoms with Crippen LogP contribution < -0.4 is 9.62 Å². The summed E-state index contributed by atoms with van der Waals surface area (Å²) in [6.45, 7) is 7.05. The Morgan fingerprint density at radius 3 is 2.53 bits per heavy atom. The highest BCUT2D eigenvalue weighted by Gasteiger charge is 2.27. The second-order valence-electron chi connectivity index (χ2n) is 7.55. The topological polar surface area (TPSA) is 110 Å². The van der Waals surface area contributed by atoms with Crippen molar-refractivity contribution in [1.82, 2.24) is 9.55 Å². The van der Waals surface area contributed by atoms with E-state index in [2.05, 4.69) is 10.3 Å². The third-order valence-electron chi connectivity index (χ3n) is 5.16. The highest BCUT2D eigenvalue weighted by atomic mass is 32.2. The summed E-state index contributed by atoms with van der Waals surface area (Å²) < 4.78 is 29.6. The van der Waals surface area contributed by atoms with Gasteiger partial charge < -0.3 is 9.88 Å². The molecule has 170 valence electrons. The van der Waals surface area contributed by atoms with Crippen LogP contribution in [0.2, 0.25) is 0 Å². The van der Waals surface area contributed by atoms with Crippen molar-refractivity contribution in [1.29, 1.82) is 0 Å². The van der Waals surface area contributed by atoms with Gasteiger partial charge in [-0.1, -0.05) is 25.1 Å². The Morgan fingerprint density at radius 1 is 1.22 bits per heavy atom. The highest BCUT2D eigenvalue weighted by molar-refractivity contribution is 7.92. The van der Waals surface area contributed by atoms with Gasteiger partial charge in [0.05, 0.1) is 15.5 Å². The van der Waals surface area contributed by atoms with Crippen LogP contribution in [-0.2, 0) is 16.6 Å². The summed E-state index contributed by atoms with van der Waals surface area (Å²) in [5.41, 5.74) is 0.510. The van der Waals surface area contributed by atoms with Gasteiger partial charge in [0.25, 0.3) is 15.7 Å².